The highest BCUT2D eigenvalue weighted by Gasteiger charge is 2.14. The lowest BCUT2D eigenvalue weighted by molar-refractivity contribution is 0.0733. The van der Waals surface area contributed by atoms with E-state index in [9.17, 15) is 18.0 Å². The highest BCUT2D eigenvalue weighted by atomic mass is 35.5. The largest absolute Gasteiger partial charge is 0.423 e. The number of hydrogen-bond donors (Lipinski definition) is 2. The van der Waals surface area contributed by atoms with Crippen molar-refractivity contribution in [3.8, 4) is 5.75 Å². The Balaban J connectivity index is 1.31. The third kappa shape index (κ3) is 6.84. The van der Waals surface area contributed by atoms with Crippen LogP contribution in [-0.2, 0) is 10.0 Å². The van der Waals surface area contributed by atoms with Gasteiger partial charge in [0.2, 0.25) is 0 Å². The van der Waals surface area contributed by atoms with Gasteiger partial charge in [-0.1, -0.05) is 29.8 Å². The number of hydrogen-bond acceptors (Lipinski definition) is 6. The number of anilines is 1. The number of carbonyl (C=O) groups is 2. The van der Waals surface area contributed by atoms with Crippen LogP contribution in [0.4, 0.5) is 5.69 Å². The van der Waals surface area contributed by atoms with E-state index in [1.54, 1.807) is 36.4 Å². The van der Waals surface area contributed by atoms with Gasteiger partial charge in [0.25, 0.3) is 15.9 Å². The van der Waals surface area contributed by atoms with Crippen LogP contribution in [0.2, 0.25) is 5.02 Å². The van der Waals surface area contributed by atoms with Gasteiger partial charge in [-0.2, -0.15) is 5.10 Å². The number of aryl methyl sites for hydroxylation is 1. The van der Waals surface area contributed by atoms with E-state index in [4.69, 9.17) is 16.3 Å². The molecule has 10 heteroatoms. The van der Waals surface area contributed by atoms with Gasteiger partial charge in [-0.15, -0.1) is 0 Å². The van der Waals surface area contributed by atoms with Crippen molar-refractivity contribution in [1.29, 1.82) is 0 Å². The first-order chi connectivity index (χ1) is 18.2. The Morgan fingerprint density at radius 2 is 1.53 bits per heavy atom. The molecule has 0 saturated carbocycles. The number of hydrazone groups is 1. The smallest absolute Gasteiger partial charge is 0.343 e. The zero-order valence-corrected chi connectivity index (χ0v) is 21.7. The quantitative estimate of drug-likeness (QED) is 0.132. The highest BCUT2D eigenvalue weighted by molar-refractivity contribution is 7.92. The summed E-state index contributed by atoms with van der Waals surface area (Å²) in [7, 11) is -3.79. The average Bonchev–Trinajstić information content (AvgIpc) is 2.90. The monoisotopic (exact) mass is 547 g/mol. The fraction of sp³-hybridized carbons (Fsp3) is 0.0357. The molecule has 1 amide bonds. The molecule has 0 heterocycles. The molecule has 38 heavy (non-hydrogen) atoms. The molecule has 4 rings (SSSR count). The van der Waals surface area contributed by atoms with Crippen molar-refractivity contribution in [2.45, 2.75) is 11.8 Å². The summed E-state index contributed by atoms with van der Waals surface area (Å²) >= 11 is 5.81. The fourth-order valence-corrected chi connectivity index (χ4v) is 4.52. The van der Waals surface area contributed by atoms with Crippen LogP contribution in [0.1, 0.15) is 31.8 Å². The molecular weight excluding hydrogens is 526 g/mol. The van der Waals surface area contributed by atoms with Gasteiger partial charge < -0.3 is 4.74 Å². The van der Waals surface area contributed by atoms with E-state index in [0.717, 1.165) is 5.56 Å². The second-order valence-electron chi connectivity index (χ2n) is 8.11. The normalized spacial score (nSPS) is 11.2. The van der Waals surface area contributed by atoms with Crippen molar-refractivity contribution in [3.63, 3.8) is 0 Å². The third-order valence-corrected chi connectivity index (χ3v) is 7.01. The summed E-state index contributed by atoms with van der Waals surface area (Å²) in [5, 5.41) is 4.37. The van der Waals surface area contributed by atoms with Crippen LogP contribution in [0, 0.1) is 6.92 Å². The number of benzene rings is 4. The molecular formula is C28H22ClN3O5S. The lowest BCUT2D eigenvalue weighted by Gasteiger charge is -2.09. The van der Waals surface area contributed by atoms with E-state index >= 15 is 0 Å². The number of rotatable bonds is 8. The molecule has 8 nitrogen and oxygen atoms in total. The molecule has 0 aliphatic heterocycles. The summed E-state index contributed by atoms with van der Waals surface area (Å²) in [6.07, 6.45) is 1.44. The van der Waals surface area contributed by atoms with E-state index in [0.29, 0.717) is 27.6 Å². The van der Waals surface area contributed by atoms with E-state index < -0.39 is 21.9 Å². The Bertz CT molecular complexity index is 1590. The molecule has 192 valence electrons. The Kier molecular flexibility index (Phi) is 8.20. The molecule has 0 bridgehead atoms. The van der Waals surface area contributed by atoms with E-state index in [-0.39, 0.29) is 10.5 Å². The van der Waals surface area contributed by atoms with E-state index in [2.05, 4.69) is 15.2 Å². The highest BCUT2D eigenvalue weighted by Crippen LogP contribution is 2.19. The Morgan fingerprint density at radius 1 is 0.868 bits per heavy atom. The summed E-state index contributed by atoms with van der Waals surface area (Å²) in [4.78, 5) is 24.8. The first-order valence-corrected chi connectivity index (χ1v) is 13.2. The standard InChI is InChI=1S/C28H22ClN3O5S/c1-19-4-2-3-5-26(19)28(34)37-24-14-6-20(7-15-24)18-30-31-27(33)21-8-12-23(13-9-21)32-38(35,36)25-16-10-22(29)11-17-25/h2-18,32H,1H3,(H,31,33)/b30-18+. The Hall–Kier alpha value is -4.47. The molecule has 0 atom stereocenters. The summed E-state index contributed by atoms with van der Waals surface area (Å²) in [5.74, 6) is -0.538. The Morgan fingerprint density at radius 3 is 2.18 bits per heavy atom. The molecule has 0 radical (unpaired) electrons. The first-order valence-electron chi connectivity index (χ1n) is 11.3. The van der Waals surface area contributed by atoms with Crippen molar-refractivity contribution >= 4 is 45.4 Å². The summed E-state index contributed by atoms with van der Waals surface area (Å²) in [5.41, 5.74) is 4.99. The summed E-state index contributed by atoms with van der Waals surface area (Å²) in [6.45, 7) is 1.84. The molecule has 0 saturated heterocycles. The SMILES string of the molecule is Cc1ccccc1C(=O)Oc1ccc(/C=N/NC(=O)c2ccc(NS(=O)(=O)c3ccc(Cl)cc3)cc2)cc1. The van der Waals surface area contributed by atoms with Crippen LogP contribution in [0.25, 0.3) is 0 Å². The minimum atomic E-state index is -3.79. The molecule has 0 aliphatic carbocycles. The zero-order chi connectivity index (χ0) is 27.1. The Labute approximate surface area is 225 Å². The minimum absolute atomic E-state index is 0.0653. The fourth-order valence-electron chi connectivity index (χ4n) is 3.33. The number of esters is 1. The van der Waals surface area contributed by atoms with Gasteiger partial charge in [0.1, 0.15) is 5.75 Å². The van der Waals surface area contributed by atoms with Crippen LogP contribution in [0.5, 0.6) is 5.75 Å². The van der Waals surface area contributed by atoms with E-state index in [1.165, 1.54) is 54.7 Å². The molecule has 4 aromatic carbocycles. The summed E-state index contributed by atoms with van der Waals surface area (Å²) < 4.78 is 32.8. The number of nitrogens with one attached hydrogen (secondary N) is 2. The van der Waals surface area contributed by atoms with Gasteiger partial charge in [0.15, 0.2) is 0 Å². The maximum absolute atomic E-state index is 12.5. The van der Waals surface area contributed by atoms with Gasteiger partial charge in [0.05, 0.1) is 16.7 Å². The van der Waals surface area contributed by atoms with Crippen LogP contribution in [-0.4, -0.2) is 26.5 Å². The molecule has 0 aromatic heterocycles. The average molecular weight is 548 g/mol. The molecule has 0 unspecified atom stereocenters. The third-order valence-electron chi connectivity index (χ3n) is 5.36. The molecule has 4 aromatic rings. The van der Waals surface area contributed by atoms with Crippen molar-refractivity contribution in [2.75, 3.05) is 4.72 Å². The summed E-state index contributed by atoms with van der Waals surface area (Å²) in [6, 6.07) is 25.5. The van der Waals surface area contributed by atoms with Crippen LogP contribution in [0.3, 0.4) is 0 Å². The zero-order valence-electron chi connectivity index (χ0n) is 20.1. The van der Waals surface area contributed by atoms with Gasteiger partial charge >= 0.3 is 5.97 Å². The maximum Gasteiger partial charge on any atom is 0.343 e. The van der Waals surface area contributed by atoms with Gasteiger partial charge in [0, 0.05) is 16.3 Å². The predicted molar refractivity (Wildman–Crippen MR) is 146 cm³/mol. The maximum atomic E-state index is 12.5. The number of halogens is 1. The number of amides is 1. The number of sulfonamides is 1. The molecule has 0 spiro atoms. The number of carbonyl (C=O) groups excluding carboxylic acids is 2. The van der Waals surface area contributed by atoms with Crippen molar-refractivity contribution < 1.29 is 22.7 Å². The minimum Gasteiger partial charge on any atom is -0.423 e. The van der Waals surface area contributed by atoms with Crippen molar-refractivity contribution in [2.24, 2.45) is 5.10 Å². The first kappa shape index (κ1) is 26.6. The second kappa shape index (κ2) is 11.7. The lowest BCUT2D eigenvalue weighted by Crippen LogP contribution is -2.18. The van der Waals surface area contributed by atoms with Gasteiger partial charge in [-0.05, 0) is 96.9 Å². The van der Waals surface area contributed by atoms with Crippen LogP contribution in [0.15, 0.2) is 107 Å². The van der Waals surface area contributed by atoms with Gasteiger partial charge in [-0.3, -0.25) is 9.52 Å². The lowest BCUT2D eigenvalue weighted by atomic mass is 10.1. The van der Waals surface area contributed by atoms with Crippen LogP contribution < -0.4 is 14.9 Å². The predicted octanol–water partition coefficient (Wildman–Crippen LogP) is 5.43. The topological polar surface area (TPSA) is 114 Å². The number of ether oxygens (including phenoxy) is 1. The number of nitrogens with zero attached hydrogens (tertiary/aromatic N) is 1. The molecule has 0 aliphatic rings. The van der Waals surface area contributed by atoms with E-state index in [1.807, 2.05) is 19.1 Å². The van der Waals surface area contributed by atoms with Crippen molar-refractivity contribution in [3.05, 3.63) is 124 Å². The van der Waals surface area contributed by atoms with Gasteiger partial charge in [-0.25, -0.2) is 18.6 Å². The molecule has 2 N–H and O–H groups in total. The van der Waals surface area contributed by atoms with Crippen molar-refractivity contribution in [1.82, 2.24) is 5.43 Å². The van der Waals surface area contributed by atoms with Crippen LogP contribution >= 0.6 is 11.6 Å². The second-order valence-corrected chi connectivity index (χ2v) is 10.2. The molecule has 0 fully saturated rings.